The highest BCUT2D eigenvalue weighted by molar-refractivity contribution is 9.09. The number of nitrogens with one attached hydrogen (secondary N) is 1. The second-order valence-electron chi connectivity index (χ2n) is 4.64. The van der Waals surface area contributed by atoms with Crippen molar-refractivity contribution in [2.75, 3.05) is 6.26 Å². The van der Waals surface area contributed by atoms with Crippen LogP contribution >= 0.6 is 39.3 Å². The zero-order chi connectivity index (χ0) is 13.9. The van der Waals surface area contributed by atoms with Crippen molar-refractivity contribution in [3.8, 4) is 0 Å². The van der Waals surface area contributed by atoms with Crippen molar-refractivity contribution in [2.24, 2.45) is 0 Å². The molecule has 0 spiro atoms. The number of hydrogen-bond acceptors (Lipinski definition) is 2. The van der Waals surface area contributed by atoms with Gasteiger partial charge in [-0.2, -0.15) is 0 Å². The van der Waals surface area contributed by atoms with Gasteiger partial charge in [-0.1, -0.05) is 34.5 Å². The fourth-order valence-corrected chi connectivity index (χ4v) is 2.02. The van der Waals surface area contributed by atoms with Crippen LogP contribution in [0.25, 0.3) is 0 Å². The topological polar surface area (TPSA) is 29.1 Å². The highest BCUT2D eigenvalue weighted by Crippen LogP contribution is 2.24. The van der Waals surface area contributed by atoms with Gasteiger partial charge in [0.15, 0.2) is 0 Å². The summed E-state index contributed by atoms with van der Waals surface area (Å²) in [5, 5.41) is 3.46. The van der Waals surface area contributed by atoms with Gasteiger partial charge >= 0.3 is 0 Å². The molecule has 0 aliphatic heterocycles. The second-order valence-corrected chi connectivity index (χ2v) is 7.30. The van der Waals surface area contributed by atoms with Crippen LogP contribution in [0.2, 0.25) is 5.02 Å². The Kier molecular flexibility index (Phi) is 5.56. The molecule has 18 heavy (non-hydrogen) atoms. The molecular formula is C13H17BrClNOS. The van der Waals surface area contributed by atoms with E-state index >= 15 is 0 Å². The van der Waals surface area contributed by atoms with Crippen LogP contribution in [0.4, 0.5) is 0 Å². The second kappa shape index (κ2) is 6.31. The minimum Gasteiger partial charge on any atom is -0.346 e. The van der Waals surface area contributed by atoms with Gasteiger partial charge in [-0.3, -0.25) is 4.79 Å². The molecule has 5 heteroatoms. The van der Waals surface area contributed by atoms with Crippen molar-refractivity contribution in [2.45, 2.75) is 36.0 Å². The summed E-state index contributed by atoms with van der Waals surface area (Å²) in [7, 11) is 0. The van der Waals surface area contributed by atoms with Crippen LogP contribution in [0, 0.1) is 0 Å². The van der Waals surface area contributed by atoms with Crippen LogP contribution in [0.3, 0.4) is 0 Å². The van der Waals surface area contributed by atoms with Gasteiger partial charge in [0.2, 0.25) is 0 Å². The molecule has 0 aliphatic carbocycles. The van der Waals surface area contributed by atoms with Crippen LogP contribution in [0.15, 0.2) is 23.1 Å². The molecule has 2 nitrogen and oxygen atoms in total. The van der Waals surface area contributed by atoms with E-state index in [1.54, 1.807) is 17.8 Å². The Hall–Kier alpha value is -0.190. The van der Waals surface area contributed by atoms with E-state index in [4.69, 9.17) is 11.6 Å². The summed E-state index contributed by atoms with van der Waals surface area (Å²) in [4.78, 5) is 13.4. The van der Waals surface area contributed by atoms with Gasteiger partial charge in [0.05, 0.1) is 10.6 Å². The fourth-order valence-electron chi connectivity index (χ4n) is 1.26. The molecule has 1 atom stereocenters. The predicted octanol–water partition coefficient (Wildman–Crippen LogP) is 4.35. The Labute approximate surface area is 126 Å². The molecule has 0 aromatic heterocycles. The van der Waals surface area contributed by atoms with Gasteiger partial charge < -0.3 is 5.32 Å². The molecule has 1 unspecified atom stereocenters. The zero-order valence-corrected chi connectivity index (χ0v) is 14.0. The third kappa shape index (κ3) is 3.90. The molecule has 1 aromatic rings. The standard InChI is InChI=1S/C13H17BrClNOS/c1-8(14)13(2,3)16-12(17)10-7-9(18-4)5-6-11(10)15/h5-8H,1-4H3,(H,16,17). The smallest absolute Gasteiger partial charge is 0.253 e. The van der Waals surface area contributed by atoms with Crippen molar-refractivity contribution >= 4 is 45.2 Å². The SMILES string of the molecule is CSc1ccc(Cl)c(C(=O)NC(C)(C)C(C)Br)c1. The van der Waals surface area contributed by atoms with Gasteiger partial charge in [-0.15, -0.1) is 11.8 Å². The van der Waals surface area contributed by atoms with E-state index in [0.29, 0.717) is 10.6 Å². The van der Waals surface area contributed by atoms with Crippen molar-refractivity contribution < 1.29 is 4.79 Å². The van der Waals surface area contributed by atoms with Crippen LogP contribution < -0.4 is 5.32 Å². The molecule has 100 valence electrons. The normalized spacial score (nSPS) is 13.2. The van der Waals surface area contributed by atoms with E-state index in [1.165, 1.54) is 0 Å². The minimum atomic E-state index is -0.338. The van der Waals surface area contributed by atoms with Crippen LogP contribution in [0.1, 0.15) is 31.1 Å². The highest BCUT2D eigenvalue weighted by Gasteiger charge is 2.26. The molecule has 1 rings (SSSR count). The van der Waals surface area contributed by atoms with E-state index in [9.17, 15) is 4.79 Å². The molecule has 0 radical (unpaired) electrons. The number of thioether (sulfide) groups is 1. The first-order valence-corrected chi connectivity index (χ1v) is 8.10. The summed E-state index contributed by atoms with van der Waals surface area (Å²) >= 11 is 11.2. The Morgan fingerprint density at radius 1 is 1.50 bits per heavy atom. The maximum Gasteiger partial charge on any atom is 0.253 e. The molecule has 1 aromatic carbocycles. The van der Waals surface area contributed by atoms with Crippen molar-refractivity contribution in [1.82, 2.24) is 5.32 Å². The lowest BCUT2D eigenvalue weighted by Crippen LogP contribution is -2.48. The summed E-state index contributed by atoms with van der Waals surface area (Å²) in [6, 6.07) is 5.48. The lowest BCUT2D eigenvalue weighted by molar-refractivity contribution is 0.0914. The molecule has 0 saturated heterocycles. The van der Waals surface area contributed by atoms with Crippen LogP contribution in [-0.2, 0) is 0 Å². The highest BCUT2D eigenvalue weighted by atomic mass is 79.9. The van der Waals surface area contributed by atoms with E-state index in [0.717, 1.165) is 4.90 Å². The fraction of sp³-hybridized carbons (Fsp3) is 0.462. The average molecular weight is 351 g/mol. The minimum absolute atomic E-state index is 0.146. The van der Waals surface area contributed by atoms with Crippen molar-refractivity contribution in [1.29, 1.82) is 0 Å². The monoisotopic (exact) mass is 349 g/mol. The number of carbonyl (C=O) groups is 1. The Morgan fingerprint density at radius 3 is 2.61 bits per heavy atom. The van der Waals surface area contributed by atoms with E-state index in [2.05, 4.69) is 21.2 Å². The molecule has 0 heterocycles. The molecule has 0 fully saturated rings. The Bertz CT molecular complexity index is 449. The number of benzene rings is 1. The van der Waals surface area contributed by atoms with E-state index < -0.39 is 0 Å². The number of hydrogen-bond donors (Lipinski definition) is 1. The average Bonchev–Trinajstić information content (AvgIpc) is 2.28. The third-order valence-electron chi connectivity index (χ3n) is 2.85. The summed E-state index contributed by atoms with van der Waals surface area (Å²) in [6.07, 6.45) is 1.97. The van der Waals surface area contributed by atoms with Crippen LogP contribution in [0.5, 0.6) is 0 Å². The number of rotatable bonds is 4. The number of amides is 1. The first-order chi connectivity index (χ1) is 8.27. The third-order valence-corrected chi connectivity index (χ3v) is 5.05. The quantitative estimate of drug-likeness (QED) is 0.646. The Balaban J connectivity index is 2.97. The number of carbonyl (C=O) groups excluding carboxylic acids is 1. The number of halogens is 2. The molecule has 0 bridgehead atoms. The van der Waals surface area contributed by atoms with Gasteiger partial charge in [0.25, 0.3) is 5.91 Å². The first-order valence-electron chi connectivity index (χ1n) is 5.58. The van der Waals surface area contributed by atoms with E-state index in [-0.39, 0.29) is 16.3 Å². The summed E-state index contributed by atoms with van der Waals surface area (Å²) in [6.45, 7) is 5.94. The van der Waals surface area contributed by atoms with Crippen molar-refractivity contribution in [3.63, 3.8) is 0 Å². The first kappa shape index (κ1) is 15.9. The van der Waals surface area contributed by atoms with Gasteiger partial charge in [-0.25, -0.2) is 0 Å². The zero-order valence-electron chi connectivity index (χ0n) is 10.9. The van der Waals surface area contributed by atoms with Crippen LogP contribution in [-0.4, -0.2) is 22.5 Å². The maximum absolute atomic E-state index is 12.2. The van der Waals surface area contributed by atoms with E-state index in [1.807, 2.05) is 39.2 Å². The molecular weight excluding hydrogens is 334 g/mol. The summed E-state index contributed by atoms with van der Waals surface area (Å²) in [5.41, 5.74) is 0.181. The Morgan fingerprint density at radius 2 is 2.11 bits per heavy atom. The lowest BCUT2D eigenvalue weighted by atomic mass is 10.0. The largest absolute Gasteiger partial charge is 0.346 e. The molecule has 1 amide bonds. The summed E-state index contributed by atoms with van der Waals surface area (Å²) in [5.74, 6) is -0.146. The summed E-state index contributed by atoms with van der Waals surface area (Å²) < 4.78 is 0. The predicted molar refractivity (Wildman–Crippen MR) is 83.2 cm³/mol. The molecule has 0 saturated carbocycles. The van der Waals surface area contributed by atoms with Crippen molar-refractivity contribution in [3.05, 3.63) is 28.8 Å². The van der Waals surface area contributed by atoms with Gasteiger partial charge in [0, 0.05) is 15.3 Å². The molecule has 0 aliphatic rings. The van der Waals surface area contributed by atoms with Gasteiger partial charge in [0.1, 0.15) is 0 Å². The van der Waals surface area contributed by atoms with Gasteiger partial charge in [-0.05, 0) is 38.3 Å². The molecule has 1 N–H and O–H groups in total. The lowest BCUT2D eigenvalue weighted by Gasteiger charge is -2.29. The number of alkyl halides is 1. The maximum atomic E-state index is 12.2.